The minimum absolute atomic E-state index is 0.108. The molecular weight excluding hydrogens is 278 g/mol. The Kier molecular flexibility index (Phi) is 2.67. The van der Waals surface area contributed by atoms with Crippen LogP contribution >= 0.6 is 0 Å². The molecule has 1 unspecified atom stereocenters. The first kappa shape index (κ1) is 13.2. The van der Waals surface area contributed by atoms with Gasteiger partial charge in [0.1, 0.15) is 11.5 Å². The zero-order valence-electron chi connectivity index (χ0n) is 11.9. The van der Waals surface area contributed by atoms with Gasteiger partial charge in [-0.2, -0.15) is 13.8 Å². The summed E-state index contributed by atoms with van der Waals surface area (Å²) in [5, 5.41) is 9.47. The molecule has 7 heteroatoms. The summed E-state index contributed by atoms with van der Waals surface area (Å²) in [5.41, 5.74) is 0.451. The number of hydrogen-bond donors (Lipinski definition) is 1. The number of β-amino-alcohol motifs (C(OH)–C–C–N with tert-alkyl or cyclic N) is 1. The highest BCUT2D eigenvalue weighted by Gasteiger charge is 2.45. The van der Waals surface area contributed by atoms with Crippen LogP contribution in [-0.4, -0.2) is 46.9 Å². The molecule has 114 valence electrons. The number of halogens is 2. The fourth-order valence-corrected chi connectivity index (χ4v) is 3.23. The average molecular weight is 296 g/mol. The van der Waals surface area contributed by atoms with Crippen molar-refractivity contribution in [3.8, 4) is 0 Å². The molecule has 2 saturated heterocycles. The summed E-state index contributed by atoms with van der Waals surface area (Å²) in [6, 6.07) is 0.299. The van der Waals surface area contributed by atoms with Crippen LogP contribution in [0.5, 0.6) is 0 Å². The van der Waals surface area contributed by atoms with Crippen molar-refractivity contribution in [2.24, 2.45) is 0 Å². The SMILES string of the molecule is CC1CCN1c1nc(N2CC(O)C2)c2c(n1)C(F)(F)CC2. The number of alkyl halides is 2. The molecule has 3 aliphatic rings. The Morgan fingerprint density at radius 3 is 2.62 bits per heavy atom. The maximum Gasteiger partial charge on any atom is 0.290 e. The zero-order valence-corrected chi connectivity index (χ0v) is 11.9. The first-order chi connectivity index (χ1) is 9.95. The molecule has 0 saturated carbocycles. The molecule has 1 aliphatic carbocycles. The van der Waals surface area contributed by atoms with Crippen LogP contribution in [-0.2, 0) is 12.3 Å². The number of aromatic nitrogens is 2. The van der Waals surface area contributed by atoms with E-state index in [9.17, 15) is 13.9 Å². The quantitative estimate of drug-likeness (QED) is 0.891. The van der Waals surface area contributed by atoms with Gasteiger partial charge in [0.05, 0.1) is 6.10 Å². The monoisotopic (exact) mass is 296 g/mol. The van der Waals surface area contributed by atoms with Gasteiger partial charge in [0, 0.05) is 37.7 Å². The summed E-state index contributed by atoms with van der Waals surface area (Å²) in [6.45, 7) is 3.78. The van der Waals surface area contributed by atoms with Crippen LogP contribution in [0.15, 0.2) is 0 Å². The summed E-state index contributed by atoms with van der Waals surface area (Å²) in [5.74, 6) is -1.86. The molecule has 0 bridgehead atoms. The van der Waals surface area contributed by atoms with Gasteiger partial charge < -0.3 is 14.9 Å². The minimum Gasteiger partial charge on any atom is -0.389 e. The van der Waals surface area contributed by atoms with Crippen molar-refractivity contribution in [3.05, 3.63) is 11.3 Å². The van der Waals surface area contributed by atoms with Gasteiger partial charge in [0.15, 0.2) is 0 Å². The molecule has 1 N–H and O–H groups in total. The molecule has 21 heavy (non-hydrogen) atoms. The third-order valence-corrected chi connectivity index (χ3v) is 4.75. The average Bonchev–Trinajstić information content (AvgIpc) is 2.69. The van der Waals surface area contributed by atoms with Crippen molar-refractivity contribution in [1.29, 1.82) is 0 Å². The number of rotatable bonds is 2. The molecule has 3 heterocycles. The molecule has 5 nitrogen and oxygen atoms in total. The van der Waals surface area contributed by atoms with E-state index in [0.29, 0.717) is 42.9 Å². The third-order valence-electron chi connectivity index (χ3n) is 4.75. The molecule has 1 atom stereocenters. The van der Waals surface area contributed by atoms with Crippen molar-refractivity contribution in [2.75, 3.05) is 29.4 Å². The van der Waals surface area contributed by atoms with E-state index in [1.165, 1.54) is 0 Å². The van der Waals surface area contributed by atoms with Crippen LogP contribution < -0.4 is 9.80 Å². The van der Waals surface area contributed by atoms with E-state index in [1.807, 2.05) is 16.7 Å². The Hall–Kier alpha value is -1.50. The summed E-state index contributed by atoms with van der Waals surface area (Å²) in [4.78, 5) is 12.6. The van der Waals surface area contributed by atoms with Gasteiger partial charge in [0.2, 0.25) is 5.95 Å². The van der Waals surface area contributed by atoms with E-state index >= 15 is 0 Å². The van der Waals surface area contributed by atoms with Crippen LogP contribution in [0, 0.1) is 0 Å². The first-order valence-corrected chi connectivity index (χ1v) is 7.44. The maximum absolute atomic E-state index is 14.1. The van der Waals surface area contributed by atoms with Crippen LogP contribution in [0.3, 0.4) is 0 Å². The Morgan fingerprint density at radius 2 is 2.05 bits per heavy atom. The van der Waals surface area contributed by atoms with E-state index in [4.69, 9.17) is 0 Å². The fourth-order valence-electron chi connectivity index (χ4n) is 3.23. The smallest absolute Gasteiger partial charge is 0.290 e. The molecule has 1 aromatic rings. The van der Waals surface area contributed by atoms with E-state index in [-0.39, 0.29) is 18.2 Å². The minimum atomic E-state index is -2.86. The van der Waals surface area contributed by atoms with Crippen molar-refractivity contribution in [3.63, 3.8) is 0 Å². The Balaban J connectivity index is 1.78. The highest BCUT2D eigenvalue weighted by atomic mass is 19.3. The maximum atomic E-state index is 14.1. The first-order valence-electron chi connectivity index (χ1n) is 7.44. The molecule has 0 radical (unpaired) electrons. The standard InChI is InChI=1S/C14H18F2N4O/c1-8-3-5-20(8)13-17-11-10(2-4-14(11,15)16)12(18-13)19-6-9(21)7-19/h8-9,21H,2-7H2,1H3. The number of nitrogens with zero attached hydrogens (tertiary/aromatic N) is 4. The second kappa shape index (κ2) is 4.25. The molecule has 2 fully saturated rings. The van der Waals surface area contributed by atoms with E-state index in [0.717, 1.165) is 13.0 Å². The van der Waals surface area contributed by atoms with Gasteiger partial charge in [-0.15, -0.1) is 0 Å². The van der Waals surface area contributed by atoms with E-state index in [2.05, 4.69) is 9.97 Å². The molecular formula is C14H18F2N4O. The van der Waals surface area contributed by atoms with Crippen LogP contribution in [0.1, 0.15) is 31.0 Å². The van der Waals surface area contributed by atoms with Gasteiger partial charge in [0.25, 0.3) is 5.92 Å². The number of aliphatic hydroxyl groups excluding tert-OH is 1. The van der Waals surface area contributed by atoms with Gasteiger partial charge in [-0.25, -0.2) is 4.98 Å². The number of hydrogen-bond acceptors (Lipinski definition) is 5. The molecule has 2 aliphatic heterocycles. The second-order valence-electron chi connectivity index (χ2n) is 6.27. The predicted molar refractivity (Wildman–Crippen MR) is 73.9 cm³/mol. The number of anilines is 2. The van der Waals surface area contributed by atoms with Crippen LogP contribution in [0.25, 0.3) is 0 Å². The van der Waals surface area contributed by atoms with Crippen molar-refractivity contribution in [1.82, 2.24) is 9.97 Å². The molecule has 0 spiro atoms. The molecule has 1 aromatic heterocycles. The summed E-state index contributed by atoms with van der Waals surface area (Å²) in [6.07, 6.45) is 0.762. The summed E-state index contributed by atoms with van der Waals surface area (Å²) < 4.78 is 28.1. The Bertz CT molecular complexity index is 589. The van der Waals surface area contributed by atoms with Crippen molar-refractivity contribution in [2.45, 2.75) is 44.3 Å². The van der Waals surface area contributed by atoms with E-state index < -0.39 is 5.92 Å². The van der Waals surface area contributed by atoms with Crippen LogP contribution in [0.4, 0.5) is 20.5 Å². The highest BCUT2D eigenvalue weighted by Crippen LogP contribution is 2.45. The van der Waals surface area contributed by atoms with E-state index in [1.54, 1.807) is 0 Å². The summed E-state index contributed by atoms with van der Waals surface area (Å²) in [7, 11) is 0. The molecule has 0 aromatic carbocycles. The predicted octanol–water partition coefficient (Wildman–Crippen LogP) is 1.29. The van der Waals surface area contributed by atoms with Gasteiger partial charge in [-0.1, -0.05) is 0 Å². The lowest BCUT2D eigenvalue weighted by Gasteiger charge is -2.41. The second-order valence-corrected chi connectivity index (χ2v) is 6.27. The Morgan fingerprint density at radius 1 is 1.29 bits per heavy atom. The lowest BCUT2D eigenvalue weighted by molar-refractivity contribution is -0.00595. The molecule has 0 amide bonds. The number of fused-ring (bicyclic) bond motifs is 1. The third kappa shape index (κ3) is 1.90. The Labute approximate surface area is 121 Å². The normalized spacial score (nSPS) is 27.3. The zero-order chi connectivity index (χ0) is 14.8. The lowest BCUT2D eigenvalue weighted by Crippen LogP contribution is -2.52. The topological polar surface area (TPSA) is 52.5 Å². The van der Waals surface area contributed by atoms with Crippen molar-refractivity contribution >= 4 is 11.8 Å². The van der Waals surface area contributed by atoms with Gasteiger partial charge in [-0.05, 0) is 19.8 Å². The summed E-state index contributed by atoms with van der Waals surface area (Å²) >= 11 is 0. The van der Waals surface area contributed by atoms with Gasteiger partial charge in [-0.3, -0.25) is 0 Å². The largest absolute Gasteiger partial charge is 0.389 e. The van der Waals surface area contributed by atoms with Gasteiger partial charge >= 0.3 is 0 Å². The fraction of sp³-hybridized carbons (Fsp3) is 0.714. The number of aliphatic hydroxyl groups is 1. The molecule has 4 rings (SSSR count). The van der Waals surface area contributed by atoms with Crippen molar-refractivity contribution < 1.29 is 13.9 Å². The highest BCUT2D eigenvalue weighted by molar-refractivity contribution is 5.58. The lowest BCUT2D eigenvalue weighted by atomic mass is 10.1. The van der Waals surface area contributed by atoms with Crippen LogP contribution in [0.2, 0.25) is 0 Å².